The molecule has 2 aromatic rings. The predicted octanol–water partition coefficient (Wildman–Crippen LogP) is 2.62. The van der Waals surface area contributed by atoms with Gasteiger partial charge in [0.15, 0.2) is 0 Å². The van der Waals surface area contributed by atoms with Crippen LogP contribution in [0.3, 0.4) is 0 Å². The largest absolute Gasteiger partial charge is 0.455 e. The molecule has 2 N–H and O–H groups in total. The molecule has 0 saturated heterocycles. The van der Waals surface area contributed by atoms with E-state index in [-0.39, 0.29) is 23.6 Å². The van der Waals surface area contributed by atoms with E-state index in [0.29, 0.717) is 5.69 Å². The zero-order valence-corrected chi connectivity index (χ0v) is 14.8. The molecule has 0 atom stereocenters. The fourth-order valence-electron chi connectivity index (χ4n) is 3.25. The van der Waals surface area contributed by atoms with Crippen molar-refractivity contribution < 1.29 is 19.2 Å². The second-order valence-corrected chi connectivity index (χ2v) is 6.76. The highest BCUT2D eigenvalue weighted by Crippen LogP contribution is 2.45. The molecule has 1 aliphatic heterocycles. The first-order valence-corrected chi connectivity index (χ1v) is 8.78. The molecule has 0 radical (unpaired) electrons. The van der Waals surface area contributed by atoms with Crippen LogP contribution in [0.4, 0.5) is 11.4 Å². The van der Waals surface area contributed by atoms with Gasteiger partial charge in [-0.2, -0.15) is 0 Å². The molecule has 0 unspecified atom stereocenters. The molecule has 2 aliphatic rings. The maximum atomic E-state index is 12.8. The lowest BCUT2D eigenvalue weighted by Gasteiger charge is -2.18. The highest BCUT2D eigenvalue weighted by Gasteiger charge is 2.47. The van der Waals surface area contributed by atoms with Crippen LogP contribution in [0.15, 0.2) is 65.9 Å². The molecule has 142 valence electrons. The van der Waals surface area contributed by atoms with Crippen LogP contribution < -0.4 is 10.6 Å². The summed E-state index contributed by atoms with van der Waals surface area (Å²) in [6.45, 7) is -0.0946. The van der Waals surface area contributed by atoms with E-state index in [0.717, 1.165) is 18.4 Å². The lowest BCUT2D eigenvalue weighted by molar-refractivity contribution is -0.384. The highest BCUT2D eigenvalue weighted by molar-refractivity contribution is 6.18. The van der Waals surface area contributed by atoms with Gasteiger partial charge in [-0.3, -0.25) is 14.9 Å². The number of non-ortho nitro benzene ring substituents is 1. The van der Waals surface area contributed by atoms with Crippen LogP contribution >= 0.6 is 0 Å². The lowest BCUT2D eigenvalue weighted by Crippen LogP contribution is -2.37. The summed E-state index contributed by atoms with van der Waals surface area (Å²) in [4.78, 5) is 35.4. The molecular formula is C20H17N3O5. The Morgan fingerprint density at radius 2 is 1.86 bits per heavy atom. The molecule has 2 aromatic carbocycles. The van der Waals surface area contributed by atoms with Crippen LogP contribution in [-0.4, -0.2) is 23.4 Å². The monoisotopic (exact) mass is 379 g/mol. The SMILES string of the molecule is O=C(NC1(c2ccccc2)CC1)C1=C(Nc2cccc([N+](=O)[O-])c2)COC1=O. The number of carbonyl (C=O) groups is 2. The number of rotatable bonds is 6. The third-order valence-corrected chi connectivity index (χ3v) is 4.86. The zero-order valence-electron chi connectivity index (χ0n) is 14.8. The van der Waals surface area contributed by atoms with Crippen LogP contribution in [0.25, 0.3) is 0 Å². The third-order valence-electron chi connectivity index (χ3n) is 4.86. The summed E-state index contributed by atoms with van der Waals surface area (Å²) < 4.78 is 5.02. The zero-order chi connectivity index (χ0) is 19.7. The van der Waals surface area contributed by atoms with Crippen LogP contribution in [0, 0.1) is 10.1 Å². The third kappa shape index (κ3) is 3.32. The summed E-state index contributed by atoms with van der Waals surface area (Å²) in [5, 5.41) is 16.8. The molecule has 1 amide bonds. The number of anilines is 1. The Morgan fingerprint density at radius 3 is 2.54 bits per heavy atom. The first kappa shape index (κ1) is 17.7. The average molecular weight is 379 g/mol. The number of hydrogen-bond donors (Lipinski definition) is 2. The predicted molar refractivity (Wildman–Crippen MR) is 100 cm³/mol. The number of cyclic esters (lactones) is 1. The summed E-state index contributed by atoms with van der Waals surface area (Å²) >= 11 is 0. The van der Waals surface area contributed by atoms with Crippen LogP contribution in [0.5, 0.6) is 0 Å². The van der Waals surface area contributed by atoms with Crippen molar-refractivity contribution in [3.05, 3.63) is 81.5 Å². The van der Waals surface area contributed by atoms with E-state index in [1.807, 2.05) is 30.3 Å². The minimum absolute atomic E-state index is 0.0946. The van der Waals surface area contributed by atoms with Crippen molar-refractivity contribution in [3.8, 4) is 0 Å². The minimum Gasteiger partial charge on any atom is -0.455 e. The maximum Gasteiger partial charge on any atom is 0.346 e. The molecule has 0 aromatic heterocycles. The van der Waals surface area contributed by atoms with Gasteiger partial charge in [0, 0.05) is 17.8 Å². The van der Waals surface area contributed by atoms with Crippen molar-refractivity contribution in [3.63, 3.8) is 0 Å². The molecule has 4 rings (SSSR count). The van der Waals surface area contributed by atoms with Gasteiger partial charge in [0.2, 0.25) is 0 Å². The van der Waals surface area contributed by atoms with Gasteiger partial charge < -0.3 is 15.4 Å². The second kappa shape index (κ2) is 6.80. The number of hydrogen-bond acceptors (Lipinski definition) is 6. The van der Waals surface area contributed by atoms with E-state index in [2.05, 4.69) is 10.6 Å². The van der Waals surface area contributed by atoms with Gasteiger partial charge in [-0.15, -0.1) is 0 Å². The van der Waals surface area contributed by atoms with Crippen molar-refractivity contribution >= 4 is 23.3 Å². The first-order chi connectivity index (χ1) is 13.5. The molecule has 8 nitrogen and oxygen atoms in total. The summed E-state index contributed by atoms with van der Waals surface area (Å²) in [6, 6.07) is 15.4. The number of esters is 1. The Bertz CT molecular complexity index is 996. The lowest BCUT2D eigenvalue weighted by atomic mass is 10.0. The molecule has 1 fully saturated rings. The molecule has 1 aliphatic carbocycles. The van der Waals surface area contributed by atoms with Gasteiger partial charge in [0.05, 0.1) is 16.2 Å². The number of nitro groups is 1. The van der Waals surface area contributed by atoms with E-state index >= 15 is 0 Å². The van der Waals surface area contributed by atoms with E-state index in [9.17, 15) is 19.7 Å². The fourth-order valence-corrected chi connectivity index (χ4v) is 3.25. The Balaban J connectivity index is 1.58. The smallest absolute Gasteiger partial charge is 0.346 e. The van der Waals surface area contributed by atoms with Crippen molar-refractivity contribution in [2.24, 2.45) is 0 Å². The van der Waals surface area contributed by atoms with E-state index in [1.54, 1.807) is 6.07 Å². The molecule has 0 bridgehead atoms. The standard InChI is InChI=1S/C20H17N3O5/c24-18(22-20(9-10-20)13-5-2-1-3-6-13)17-16(12-28-19(17)25)21-14-7-4-8-15(11-14)23(26)27/h1-8,11,21H,9-10,12H2,(H,22,24). The number of nitrogens with zero attached hydrogens (tertiary/aromatic N) is 1. The Morgan fingerprint density at radius 1 is 1.11 bits per heavy atom. The molecular weight excluding hydrogens is 362 g/mol. The van der Waals surface area contributed by atoms with Gasteiger partial charge in [-0.25, -0.2) is 4.79 Å². The number of carbonyl (C=O) groups excluding carboxylic acids is 2. The van der Waals surface area contributed by atoms with Crippen molar-refractivity contribution in [2.75, 3.05) is 11.9 Å². The van der Waals surface area contributed by atoms with Crippen molar-refractivity contribution in [1.82, 2.24) is 5.32 Å². The van der Waals surface area contributed by atoms with Crippen LogP contribution in [0.1, 0.15) is 18.4 Å². The topological polar surface area (TPSA) is 111 Å². The second-order valence-electron chi connectivity index (χ2n) is 6.76. The van der Waals surface area contributed by atoms with E-state index in [1.165, 1.54) is 18.2 Å². The molecule has 8 heteroatoms. The normalized spacial score (nSPS) is 17.1. The molecule has 0 spiro atoms. The number of nitrogens with one attached hydrogen (secondary N) is 2. The van der Waals surface area contributed by atoms with Gasteiger partial charge in [-0.05, 0) is 24.5 Å². The average Bonchev–Trinajstić information content (AvgIpc) is 3.38. The quantitative estimate of drug-likeness (QED) is 0.345. The van der Waals surface area contributed by atoms with Crippen molar-refractivity contribution in [1.29, 1.82) is 0 Å². The summed E-state index contributed by atoms with van der Waals surface area (Å²) in [7, 11) is 0. The van der Waals surface area contributed by atoms with Crippen molar-refractivity contribution in [2.45, 2.75) is 18.4 Å². The van der Waals surface area contributed by atoms with Crippen LogP contribution in [-0.2, 0) is 19.9 Å². The Hall–Kier alpha value is -3.68. The summed E-state index contributed by atoms with van der Waals surface area (Å²) in [6.07, 6.45) is 1.58. The first-order valence-electron chi connectivity index (χ1n) is 8.78. The maximum absolute atomic E-state index is 12.8. The van der Waals surface area contributed by atoms with Gasteiger partial charge in [0.1, 0.15) is 12.2 Å². The number of nitro benzene ring substituents is 1. The molecule has 1 heterocycles. The number of benzene rings is 2. The van der Waals surface area contributed by atoms with E-state index in [4.69, 9.17) is 4.74 Å². The Labute approximate surface area is 160 Å². The van der Waals surface area contributed by atoms with E-state index < -0.39 is 22.3 Å². The highest BCUT2D eigenvalue weighted by atomic mass is 16.6. The van der Waals surface area contributed by atoms with Gasteiger partial charge in [-0.1, -0.05) is 36.4 Å². The Kier molecular flexibility index (Phi) is 4.31. The molecule has 1 saturated carbocycles. The minimum atomic E-state index is -0.714. The number of ether oxygens (including phenoxy) is 1. The van der Waals surface area contributed by atoms with Crippen LogP contribution in [0.2, 0.25) is 0 Å². The summed E-state index contributed by atoms with van der Waals surface area (Å²) in [5.41, 5.74) is 1.01. The summed E-state index contributed by atoms with van der Waals surface area (Å²) in [5.74, 6) is -1.23. The number of amides is 1. The fraction of sp³-hybridized carbons (Fsp3) is 0.200. The van der Waals surface area contributed by atoms with Gasteiger partial charge >= 0.3 is 5.97 Å². The van der Waals surface area contributed by atoms with Gasteiger partial charge in [0.25, 0.3) is 11.6 Å². The molecule has 28 heavy (non-hydrogen) atoms.